The Bertz CT molecular complexity index is 456. The van der Waals surface area contributed by atoms with Crippen molar-refractivity contribution in [3.8, 4) is 0 Å². The molecule has 0 saturated carbocycles. The summed E-state index contributed by atoms with van der Waals surface area (Å²) >= 11 is 1.93. The van der Waals surface area contributed by atoms with Crippen LogP contribution < -0.4 is 10.6 Å². The highest BCUT2D eigenvalue weighted by Crippen LogP contribution is 2.20. The minimum absolute atomic E-state index is 0.0519. The molecule has 1 aromatic rings. The van der Waals surface area contributed by atoms with E-state index in [0.29, 0.717) is 6.04 Å². The third kappa shape index (κ3) is 4.17. The first kappa shape index (κ1) is 15.2. The lowest BCUT2D eigenvalue weighted by atomic mass is 10.1. The summed E-state index contributed by atoms with van der Waals surface area (Å²) in [5.74, 6) is 2.31. The van der Waals surface area contributed by atoms with Crippen LogP contribution in [0.25, 0.3) is 0 Å². The van der Waals surface area contributed by atoms with Gasteiger partial charge in [0.1, 0.15) is 0 Å². The molecule has 3 nitrogen and oxygen atoms in total. The molecule has 0 spiro atoms. The van der Waals surface area contributed by atoms with Gasteiger partial charge in [0.15, 0.2) is 0 Å². The van der Waals surface area contributed by atoms with E-state index in [-0.39, 0.29) is 5.91 Å². The molecule has 0 bridgehead atoms. The molecule has 1 unspecified atom stereocenters. The van der Waals surface area contributed by atoms with E-state index in [0.717, 1.165) is 36.4 Å². The number of hydrogen-bond donors (Lipinski definition) is 2. The molecule has 1 fully saturated rings. The van der Waals surface area contributed by atoms with Crippen molar-refractivity contribution in [1.29, 1.82) is 0 Å². The second-order valence-electron chi connectivity index (χ2n) is 5.36. The molecule has 1 heterocycles. The maximum Gasteiger partial charge on any atom is 0.253 e. The van der Waals surface area contributed by atoms with E-state index in [1.807, 2.05) is 23.9 Å². The molecule has 2 rings (SSSR count). The van der Waals surface area contributed by atoms with Crippen LogP contribution in [0.4, 0.5) is 5.69 Å². The summed E-state index contributed by atoms with van der Waals surface area (Å²) in [7, 11) is 0. The van der Waals surface area contributed by atoms with Crippen molar-refractivity contribution in [3.05, 3.63) is 29.3 Å². The highest BCUT2D eigenvalue weighted by Gasteiger charge is 2.18. The molecule has 0 radical (unpaired) electrons. The molecule has 0 aliphatic carbocycles. The average Bonchev–Trinajstić information content (AvgIpc) is 2.46. The van der Waals surface area contributed by atoms with Crippen molar-refractivity contribution in [2.75, 3.05) is 23.4 Å². The first-order valence-electron chi connectivity index (χ1n) is 7.44. The highest BCUT2D eigenvalue weighted by atomic mass is 32.2. The number of thioether (sulfide) groups is 1. The first-order valence-corrected chi connectivity index (χ1v) is 8.59. The predicted molar refractivity (Wildman–Crippen MR) is 87.8 cm³/mol. The fourth-order valence-electron chi connectivity index (χ4n) is 2.38. The normalized spacial score (nSPS) is 18.6. The molecule has 1 saturated heterocycles. The van der Waals surface area contributed by atoms with Crippen LogP contribution in [0, 0.1) is 6.92 Å². The molecular formula is C16H24N2OS. The van der Waals surface area contributed by atoms with E-state index in [2.05, 4.69) is 30.5 Å². The fourth-order valence-corrected chi connectivity index (χ4v) is 3.45. The zero-order valence-electron chi connectivity index (χ0n) is 12.4. The number of aryl methyl sites for hydroxylation is 1. The molecule has 4 heteroatoms. The van der Waals surface area contributed by atoms with Crippen molar-refractivity contribution in [3.63, 3.8) is 0 Å². The van der Waals surface area contributed by atoms with Gasteiger partial charge < -0.3 is 10.6 Å². The van der Waals surface area contributed by atoms with Gasteiger partial charge in [-0.15, -0.1) is 0 Å². The van der Waals surface area contributed by atoms with Gasteiger partial charge in [-0.25, -0.2) is 0 Å². The summed E-state index contributed by atoms with van der Waals surface area (Å²) in [5.41, 5.74) is 2.89. The van der Waals surface area contributed by atoms with E-state index < -0.39 is 0 Å². The Morgan fingerprint density at radius 3 is 3.00 bits per heavy atom. The lowest BCUT2D eigenvalue weighted by molar-refractivity contribution is 0.0939. The van der Waals surface area contributed by atoms with Gasteiger partial charge in [-0.3, -0.25) is 4.79 Å². The summed E-state index contributed by atoms with van der Waals surface area (Å²) in [5, 5.41) is 6.53. The lowest BCUT2D eigenvalue weighted by Gasteiger charge is -2.23. The Labute approximate surface area is 125 Å². The van der Waals surface area contributed by atoms with Crippen LogP contribution >= 0.6 is 11.8 Å². The lowest BCUT2D eigenvalue weighted by Crippen LogP contribution is -2.38. The smallest absolute Gasteiger partial charge is 0.253 e. The standard InChI is InChI=1S/C16H24N2OS/c1-3-8-17-15-10-12(2)6-7-14(15)16(19)18-13-5-4-9-20-11-13/h6-7,10,13,17H,3-5,8-9,11H2,1-2H3,(H,18,19). The van der Waals surface area contributed by atoms with E-state index in [1.165, 1.54) is 17.7 Å². The molecule has 1 aliphatic rings. The summed E-state index contributed by atoms with van der Waals surface area (Å²) in [4.78, 5) is 12.4. The maximum absolute atomic E-state index is 12.4. The van der Waals surface area contributed by atoms with E-state index in [4.69, 9.17) is 0 Å². The van der Waals surface area contributed by atoms with Gasteiger partial charge in [0.05, 0.1) is 5.56 Å². The van der Waals surface area contributed by atoms with Crippen LogP contribution in [0.3, 0.4) is 0 Å². The van der Waals surface area contributed by atoms with Crippen LogP contribution in [0.1, 0.15) is 42.1 Å². The van der Waals surface area contributed by atoms with Crippen LogP contribution in [0.5, 0.6) is 0 Å². The Kier molecular flexibility index (Phi) is 5.77. The number of carbonyl (C=O) groups is 1. The summed E-state index contributed by atoms with van der Waals surface area (Å²) in [6.45, 7) is 5.07. The molecule has 1 amide bonds. The van der Waals surface area contributed by atoms with E-state index >= 15 is 0 Å². The van der Waals surface area contributed by atoms with Gasteiger partial charge in [-0.05, 0) is 49.6 Å². The Balaban J connectivity index is 2.07. The van der Waals surface area contributed by atoms with Crippen molar-refractivity contribution in [1.82, 2.24) is 5.32 Å². The molecule has 1 atom stereocenters. The number of amides is 1. The second kappa shape index (κ2) is 7.58. The van der Waals surface area contributed by atoms with Crippen LogP contribution in [0.2, 0.25) is 0 Å². The molecular weight excluding hydrogens is 268 g/mol. The molecule has 0 aromatic heterocycles. The summed E-state index contributed by atoms with van der Waals surface area (Å²) in [6, 6.07) is 6.31. The maximum atomic E-state index is 12.4. The van der Waals surface area contributed by atoms with Gasteiger partial charge in [0.2, 0.25) is 0 Å². The molecule has 110 valence electrons. The third-order valence-corrected chi connectivity index (χ3v) is 4.70. The Morgan fingerprint density at radius 2 is 2.30 bits per heavy atom. The fraction of sp³-hybridized carbons (Fsp3) is 0.562. The van der Waals surface area contributed by atoms with Crippen molar-refractivity contribution < 1.29 is 4.79 Å². The van der Waals surface area contributed by atoms with Gasteiger partial charge in [0.25, 0.3) is 5.91 Å². The predicted octanol–water partition coefficient (Wildman–Crippen LogP) is 3.44. The molecule has 1 aromatic carbocycles. The van der Waals surface area contributed by atoms with Gasteiger partial charge >= 0.3 is 0 Å². The quantitative estimate of drug-likeness (QED) is 0.873. The largest absolute Gasteiger partial charge is 0.384 e. The van der Waals surface area contributed by atoms with E-state index in [1.54, 1.807) is 0 Å². The topological polar surface area (TPSA) is 41.1 Å². The molecule has 20 heavy (non-hydrogen) atoms. The Morgan fingerprint density at radius 1 is 1.45 bits per heavy atom. The summed E-state index contributed by atoms with van der Waals surface area (Å²) < 4.78 is 0. The second-order valence-corrected chi connectivity index (χ2v) is 6.51. The first-order chi connectivity index (χ1) is 9.70. The minimum atomic E-state index is 0.0519. The third-order valence-electron chi connectivity index (χ3n) is 3.48. The molecule has 1 aliphatic heterocycles. The SMILES string of the molecule is CCCNc1cc(C)ccc1C(=O)NC1CCCSC1. The monoisotopic (exact) mass is 292 g/mol. The zero-order chi connectivity index (χ0) is 14.4. The van der Waals surface area contributed by atoms with E-state index in [9.17, 15) is 4.79 Å². The van der Waals surface area contributed by atoms with Gasteiger partial charge in [-0.2, -0.15) is 11.8 Å². The number of benzene rings is 1. The van der Waals surface area contributed by atoms with Crippen molar-refractivity contribution in [2.45, 2.75) is 39.2 Å². The van der Waals surface area contributed by atoms with Crippen molar-refractivity contribution >= 4 is 23.4 Å². The number of rotatable bonds is 5. The average molecular weight is 292 g/mol. The van der Waals surface area contributed by atoms with Gasteiger partial charge in [0, 0.05) is 24.0 Å². The number of carbonyl (C=O) groups excluding carboxylic acids is 1. The summed E-state index contributed by atoms with van der Waals surface area (Å²) in [6.07, 6.45) is 3.35. The Hall–Kier alpha value is -1.16. The minimum Gasteiger partial charge on any atom is -0.384 e. The molecule has 2 N–H and O–H groups in total. The zero-order valence-corrected chi connectivity index (χ0v) is 13.2. The number of anilines is 1. The van der Waals surface area contributed by atoms with Crippen LogP contribution in [-0.4, -0.2) is 30.0 Å². The highest BCUT2D eigenvalue weighted by molar-refractivity contribution is 7.99. The number of hydrogen-bond acceptors (Lipinski definition) is 3. The number of nitrogens with one attached hydrogen (secondary N) is 2. The van der Waals surface area contributed by atoms with Crippen molar-refractivity contribution in [2.24, 2.45) is 0 Å². The van der Waals surface area contributed by atoms with Crippen LogP contribution in [-0.2, 0) is 0 Å². The van der Waals surface area contributed by atoms with Crippen LogP contribution in [0.15, 0.2) is 18.2 Å². The van der Waals surface area contributed by atoms with Gasteiger partial charge in [-0.1, -0.05) is 13.0 Å².